The summed E-state index contributed by atoms with van der Waals surface area (Å²) < 4.78 is 41.3. The molecule has 0 spiro atoms. The van der Waals surface area contributed by atoms with Crippen LogP contribution in [0.5, 0.6) is 5.75 Å². The van der Waals surface area contributed by atoms with Crippen LogP contribution in [0.1, 0.15) is 43.4 Å². The maximum atomic E-state index is 14.4. The van der Waals surface area contributed by atoms with Gasteiger partial charge in [-0.25, -0.2) is 13.2 Å². The maximum Gasteiger partial charge on any atom is 0.292 e. The molecular formula is C14H17F3O. The fourth-order valence-electron chi connectivity index (χ4n) is 2.51. The van der Waals surface area contributed by atoms with Crippen LogP contribution in [0.25, 0.3) is 0 Å². The minimum absolute atomic E-state index is 0.00139. The molecule has 0 amide bonds. The van der Waals surface area contributed by atoms with Crippen molar-refractivity contribution in [3.63, 3.8) is 0 Å². The molecule has 1 fully saturated rings. The Balaban J connectivity index is 2.57. The third-order valence-corrected chi connectivity index (χ3v) is 3.93. The molecule has 1 aliphatic rings. The van der Waals surface area contributed by atoms with Crippen LogP contribution in [0.3, 0.4) is 0 Å². The third-order valence-electron chi connectivity index (χ3n) is 3.93. The molecule has 1 nitrogen and oxygen atoms in total. The molecule has 0 heterocycles. The van der Waals surface area contributed by atoms with Gasteiger partial charge in [0.05, 0.1) is 5.92 Å². The Bertz CT molecular complexity index is 496. The van der Waals surface area contributed by atoms with Gasteiger partial charge in [0.15, 0.2) is 0 Å². The molecule has 1 saturated carbocycles. The molecule has 1 aromatic rings. The fraction of sp³-hybridized carbons (Fsp3) is 0.571. The molecule has 0 radical (unpaired) electrons. The van der Waals surface area contributed by atoms with Crippen molar-refractivity contribution in [2.45, 2.75) is 45.2 Å². The highest BCUT2D eigenvalue weighted by molar-refractivity contribution is 5.49. The first-order valence-electron chi connectivity index (χ1n) is 6.04. The summed E-state index contributed by atoms with van der Waals surface area (Å²) in [7, 11) is 0. The SMILES string of the molecule is Cc1cc(O)c(C(C)C)cc1C1(F)C(C)C1(F)F. The van der Waals surface area contributed by atoms with Gasteiger partial charge in [-0.1, -0.05) is 20.8 Å². The van der Waals surface area contributed by atoms with Gasteiger partial charge in [0.1, 0.15) is 5.75 Å². The number of alkyl halides is 3. The minimum Gasteiger partial charge on any atom is -0.508 e. The monoisotopic (exact) mass is 258 g/mol. The van der Waals surface area contributed by atoms with Gasteiger partial charge in [-0.05, 0) is 41.7 Å². The predicted octanol–water partition coefficient (Wildman–Crippen LogP) is 4.27. The normalized spacial score (nSPS) is 29.7. The number of hydrogen-bond donors (Lipinski definition) is 1. The van der Waals surface area contributed by atoms with Gasteiger partial charge in [0.25, 0.3) is 5.92 Å². The first kappa shape index (κ1) is 13.2. The van der Waals surface area contributed by atoms with Crippen LogP contribution in [0.4, 0.5) is 13.2 Å². The van der Waals surface area contributed by atoms with Crippen molar-refractivity contribution in [1.82, 2.24) is 0 Å². The average molecular weight is 258 g/mol. The van der Waals surface area contributed by atoms with Crippen LogP contribution >= 0.6 is 0 Å². The van der Waals surface area contributed by atoms with Gasteiger partial charge in [-0.3, -0.25) is 0 Å². The van der Waals surface area contributed by atoms with Crippen molar-refractivity contribution in [1.29, 1.82) is 0 Å². The zero-order valence-corrected chi connectivity index (χ0v) is 10.9. The highest BCUT2D eigenvalue weighted by Crippen LogP contribution is 2.68. The zero-order valence-electron chi connectivity index (χ0n) is 10.9. The summed E-state index contributed by atoms with van der Waals surface area (Å²) in [5.41, 5.74) is -1.72. The van der Waals surface area contributed by atoms with Crippen molar-refractivity contribution in [2.24, 2.45) is 5.92 Å². The number of aryl methyl sites for hydroxylation is 1. The molecule has 2 unspecified atom stereocenters. The van der Waals surface area contributed by atoms with Crippen LogP contribution in [0.2, 0.25) is 0 Å². The van der Waals surface area contributed by atoms with Gasteiger partial charge in [0.2, 0.25) is 5.67 Å². The van der Waals surface area contributed by atoms with E-state index in [9.17, 15) is 18.3 Å². The maximum absolute atomic E-state index is 14.4. The van der Waals surface area contributed by atoms with E-state index < -0.39 is 17.5 Å². The predicted molar refractivity (Wildman–Crippen MR) is 63.8 cm³/mol. The Labute approximate surface area is 105 Å². The van der Waals surface area contributed by atoms with Crippen LogP contribution < -0.4 is 0 Å². The second-order valence-electron chi connectivity index (χ2n) is 5.44. The minimum atomic E-state index is -3.32. The lowest BCUT2D eigenvalue weighted by Gasteiger charge is -2.16. The van der Waals surface area contributed by atoms with Crippen molar-refractivity contribution in [3.8, 4) is 5.75 Å². The molecular weight excluding hydrogens is 241 g/mol. The molecule has 100 valence electrons. The summed E-state index contributed by atoms with van der Waals surface area (Å²) in [5.74, 6) is -4.64. The van der Waals surface area contributed by atoms with Crippen LogP contribution in [-0.2, 0) is 5.67 Å². The van der Waals surface area contributed by atoms with Gasteiger partial charge in [-0.2, -0.15) is 0 Å². The summed E-state index contributed by atoms with van der Waals surface area (Å²) in [6.07, 6.45) is 0. The van der Waals surface area contributed by atoms with E-state index in [1.165, 1.54) is 19.1 Å². The van der Waals surface area contributed by atoms with E-state index >= 15 is 0 Å². The third kappa shape index (κ3) is 1.47. The number of rotatable bonds is 2. The molecule has 0 bridgehead atoms. The van der Waals surface area contributed by atoms with Gasteiger partial charge >= 0.3 is 0 Å². The largest absolute Gasteiger partial charge is 0.508 e. The lowest BCUT2D eigenvalue weighted by atomic mass is 9.93. The Morgan fingerprint density at radius 3 is 2.11 bits per heavy atom. The van der Waals surface area contributed by atoms with Gasteiger partial charge in [-0.15, -0.1) is 0 Å². The first-order chi connectivity index (χ1) is 8.14. The average Bonchev–Trinajstić information content (AvgIpc) is 2.63. The summed E-state index contributed by atoms with van der Waals surface area (Å²) >= 11 is 0. The summed E-state index contributed by atoms with van der Waals surface area (Å²) in [5, 5.41) is 9.76. The fourth-order valence-corrected chi connectivity index (χ4v) is 2.51. The smallest absolute Gasteiger partial charge is 0.292 e. The summed E-state index contributed by atoms with van der Waals surface area (Å²) in [6, 6.07) is 2.75. The van der Waals surface area contributed by atoms with Crippen LogP contribution in [0.15, 0.2) is 12.1 Å². The van der Waals surface area contributed by atoms with Crippen molar-refractivity contribution in [2.75, 3.05) is 0 Å². The lowest BCUT2D eigenvalue weighted by molar-refractivity contribution is 0.0388. The Morgan fingerprint density at radius 1 is 1.22 bits per heavy atom. The second-order valence-corrected chi connectivity index (χ2v) is 5.44. The highest BCUT2D eigenvalue weighted by Gasteiger charge is 2.81. The highest BCUT2D eigenvalue weighted by atomic mass is 19.3. The number of hydrogen-bond acceptors (Lipinski definition) is 1. The number of aromatic hydroxyl groups is 1. The van der Waals surface area contributed by atoms with Gasteiger partial charge in [0, 0.05) is 0 Å². The quantitative estimate of drug-likeness (QED) is 0.839. The summed E-state index contributed by atoms with van der Waals surface area (Å²) in [6.45, 7) is 6.41. The first-order valence-corrected chi connectivity index (χ1v) is 6.04. The van der Waals surface area contributed by atoms with E-state index in [1.54, 1.807) is 6.92 Å². The topological polar surface area (TPSA) is 20.2 Å². The Kier molecular flexibility index (Phi) is 2.69. The molecule has 0 saturated heterocycles. The number of benzene rings is 1. The van der Waals surface area contributed by atoms with Crippen molar-refractivity contribution in [3.05, 3.63) is 28.8 Å². The summed E-state index contributed by atoms with van der Waals surface area (Å²) in [4.78, 5) is 0. The molecule has 1 aromatic carbocycles. The van der Waals surface area contributed by atoms with Crippen LogP contribution in [-0.4, -0.2) is 11.0 Å². The number of phenols is 1. The van der Waals surface area contributed by atoms with E-state index in [-0.39, 0.29) is 17.2 Å². The Morgan fingerprint density at radius 2 is 1.72 bits per heavy atom. The van der Waals surface area contributed by atoms with E-state index in [0.29, 0.717) is 11.1 Å². The molecule has 1 aliphatic carbocycles. The number of halogens is 3. The van der Waals surface area contributed by atoms with E-state index in [1.807, 2.05) is 13.8 Å². The zero-order chi connectivity index (χ0) is 13.9. The lowest BCUT2D eigenvalue weighted by Crippen LogP contribution is -2.12. The molecule has 0 aromatic heterocycles. The molecule has 1 N–H and O–H groups in total. The standard InChI is InChI=1S/C14H17F3O/c1-7(2)10-6-11(8(3)5-12(10)18)13(15)9(4)14(13,16)17/h5-7,9,18H,1-4H3. The van der Waals surface area contributed by atoms with Crippen LogP contribution in [0, 0.1) is 12.8 Å². The molecule has 18 heavy (non-hydrogen) atoms. The van der Waals surface area contributed by atoms with Gasteiger partial charge < -0.3 is 5.11 Å². The molecule has 2 rings (SSSR count). The van der Waals surface area contributed by atoms with E-state index in [4.69, 9.17) is 0 Å². The van der Waals surface area contributed by atoms with E-state index in [2.05, 4.69) is 0 Å². The second kappa shape index (κ2) is 3.65. The van der Waals surface area contributed by atoms with Crippen molar-refractivity contribution >= 4 is 0 Å². The Hall–Kier alpha value is -1.19. The van der Waals surface area contributed by atoms with E-state index in [0.717, 1.165) is 0 Å². The molecule has 2 atom stereocenters. The molecule has 4 heteroatoms. The molecule has 0 aliphatic heterocycles. The number of phenolic OH excluding ortho intramolecular Hbond substituents is 1. The van der Waals surface area contributed by atoms with Crippen molar-refractivity contribution < 1.29 is 18.3 Å².